The number of para-hydroxylation sites is 1. The van der Waals surface area contributed by atoms with Crippen LogP contribution in [0.2, 0.25) is 0 Å². The summed E-state index contributed by atoms with van der Waals surface area (Å²) in [5, 5.41) is 6.26. The lowest BCUT2D eigenvalue weighted by Gasteiger charge is -2.11. The first kappa shape index (κ1) is 19.3. The zero-order valence-corrected chi connectivity index (χ0v) is 15.8. The molecule has 0 aliphatic rings. The van der Waals surface area contributed by atoms with Crippen molar-refractivity contribution in [1.82, 2.24) is 0 Å². The molecule has 1 heterocycles. The summed E-state index contributed by atoms with van der Waals surface area (Å²) in [5.74, 6) is -1.34. The predicted molar refractivity (Wildman–Crippen MR) is 106 cm³/mol. The minimum Gasteiger partial charge on any atom is -0.465 e. The van der Waals surface area contributed by atoms with Crippen LogP contribution in [0, 0.1) is 0 Å². The second-order valence-corrected chi connectivity index (χ2v) is 6.56. The van der Waals surface area contributed by atoms with Gasteiger partial charge in [-0.15, -0.1) is 0 Å². The largest absolute Gasteiger partial charge is 0.465 e. The maximum Gasteiger partial charge on any atom is 0.340 e. The van der Waals surface area contributed by atoms with Crippen molar-refractivity contribution in [2.45, 2.75) is 6.61 Å². The minimum absolute atomic E-state index is 0.0174. The van der Waals surface area contributed by atoms with E-state index in [0.29, 0.717) is 22.4 Å². The van der Waals surface area contributed by atoms with Crippen molar-refractivity contribution in [3.8, 4) is 0 Å². The average Bonchev–Trinajstić information content (AvgIpc) is 3.27. The van der Waals surface area contributed by atoms with Crippen molar-refractivity contribution >= 4 is 34.9 Å². The molecular formula is C21H17NO5S. The lowest BCUT2D eigenvalue weighted by atomic mass is 10.1. The summed E-state index contributed by atoms with van der Waals surface area (Å²) in [6.07, 6.45) is 0. The summed E-state index contributed by atoms with van der Waals surface area (Å²) in [7, 11) is 1.30. The fraction of sp³-hybridized carbons (Fsp3) is 0.0952. The summed E-state index contributed by atoms with van der Waals surface area (Å²) in [5.41, 5.74) is 2.16. The molecular weight excluding hydrogens is 378 g/mol. The molecule has 0 bridgehead atoms. The number of thiophene rings is 1. The number of carbonyl (C=O) groups excluding carboxylic acids is 3. The smallest absolute Gasteiger partial charge is 0.340 e. The Morgan fingerprint density at radius 3 is 2.54 bits per heavy atom. The zero-order chi connectivity index (χ0) is 19.9. The van der Waals surface area contributed by atoms with Gasteiger partial charge >= 0.3 is 11.9 Å². The summed E-state index contributed by atoms with van der Waals surface area (Å²) in [4.78, 5) is 36.4. The third-order valence-electron chi connectivity index (χ3n) is 3.90. The van der Waals surface area contributed by atoms with Gasteiger partial charge in [0.25, 0.3) is 5.91 Å². The highest BCUT2D eigenvalue weighted by atomic mass is 32.1. The molecule has 0 radical (unpaired) electrons. The van der Waals surface area contributed by atoms with Gasteiger partial charge in [0.15, 0.2) is 0 Å². The maximum absolute atomic E-state index is 12.5. The Morgan fingerprint density at radius 1 is 0.964 bits per heavy atom. The summed E-state index contributed by atoms with van der Waals surface area (Å²) in [6.45, 7) is -0.0174. The van der Waals surface area contributed by atoms with E-state index in [9.17, 15) is 14.4 Å². The number of hydrogen-bond acceptors (Lipinski definition) is 6. The van der Waals surface area contributed by atoms with Crippen molar-refractivity contribution in [3.63, 3.8) is 0 Å². The molecule has 7 heteroatoms. The Morgan fingerprint density at radius 2 is 1.79 bits per heavy atom. The van der Waals surface area contributed by atoms with E-state index in [1.54, 1.807) is 65.4 Å². The molecule has 0 fully saturated rings. The number of benzene rings is 2. The van der Waals surface area contributed by atoms with E-state index in [1.165, 1.54) is 18.4 Å². The Bertz CT molecular complexity index is 998. The Kier molecular flexibility index (Phi) is 6.18. The second kappa shape index (κ2) is 8.96. The topological polar surface area (TPSA) is 81.7 Å². The SMILES string of the molecule is COC(=O)c1cccc(COC(=O)c2ccccc2NC(=O)c2ccsc2)c1. The van der Waals surface area contributed by atoms with E-state index in [4.69, 9.17) is 4.74 Å². The molecule has 1 aromatic heterocycles. The van der Waals surface area contributed by atoms with Gasteiger partial charge in [0.2, 0.25) is 0 Å². The van der Waals surface area contributed by atoms with Gasteiger partial charge in [-0.25, -0.2) is 9.59 Å². The highest BCUT2D eigenvalue weighted by molar-refractivity contribution is 7.08. The van der Waals surface area contributed by atoms with Crippen LogP contribution in [0.25, 0.3) is 0 Å². The molecule has 0 aliphatic heterocycles. The van der Waals surface area contributed by atoms with Gasteiger partial charge in [0, 0.05) is 5.38 Å². The van der Waals surface area contributed by atoms with E-state index in [1.807, 2.05) is 0 Å². The molecule has 0 unspecified atom stereocenters. The lowest BCUT2D eigenvalue weighted by molar-refractivity contribution is 0.0474. The normalized spacial score (nSPS) is 10.2. The standard InChI is InChI=1S/C21H17NO5S/c1-26-20(24)15-6-4-5-14(11-15)12-27-21(25)17-7-2-3-8-18(17)22-19(23)16-9-10-28-13-16/h2-11,13H,12H2,1H3,(H,22,23). The van der Waals surface area contributed by atoms with Gasteiger partial charge in [-0.05, 0) is 41.3 Å². The number of ether oxygens (including phenoxy) is 2. The minimum atomic E-state index is -0.579. The van der Waals surface area contributed by atoms with Crippen LogP contribution in [-0.4, -0.2) is 25.0 Å². The molecule has 28 heavy (non-hydrogen) atoms. The van der Waals surface area contributed by atoms with Crippen molar-refractivity contribution in [2.75, 3.05) is 12.4 Å². The molecule has 1 amide bonds. The Hall–Kier alpha value is -3.45. The quantitative estimate of drug-likeness (QED) is 0.634. The summed E-state index contributed by atoms with van der Waals surface area (Å²) < 4.78 is 10.0. The zero-order valence-electron chi connectivity index (χ0n) is 15.0. The highest BCUT2D eigenvalue weighted by Gasteiger charge is 2.16. The van der Waals surface area contributed by atoms with Gasteiger partial charge < -0.3 is 14.8 Å². The van der Waals surface area contributed by atoms with Gasteiger partial charge in [0.1, 0.15) is 6.61 Å². The van der Waals surface area contributed by atoms with Crippen LogP contribution >= 0.6 is 11.3 Å². The van der Waals surface area contributed by atoms with Crippen LogP contribution in [-0.2, 0) is 16.1 Å². The number of methoxy groups -OCH3 is 1. The van der Waals surface area contributed by atoms with Crippen LogP contribution in [0.1, 0.15) is 36.6 Å². The molecule has 0 saturated heterocycles. The predicted octanol–water partition coefficient (Wildman–Crippen LogP) is 4.14. The average molecular weight is 395 g/mol. The number of rotatable bonds is 6. The van der Waals surface area contributed by atoms with Crippen molar-refractivity contribution < 1.29 is 23.9 Å². The third kappa shape index (κ3) is 4.63. The van der Waals surface area contributed by atoms with E-state index < -0.39 is 11.9 Å². The number of nitrogens with one attached hydrogen (secondary N) is 1. The van der Waals surface area contributed by atoms with Gasteiger partial charge in [-0.1, -0.05) is 24.3 Å². The fourth-order valence-corrected chi connectivity index (χ4v) is 3.13. The number of anilines is 1. The third-order valence-corrected chi connectivity index (χ3v) is 4.58. The van der Waals surface area contributed by atoms with Crippen LogP contribution in [0.15, 0.2) is 65.4 Å². The molecule has 1 N–H and O–H groups in total. The van der Waals surface area contributed by atoms with E-state index >= 15 is 0 Å². The molecule has 0 aliphatic carbocycles. The first-order valence-electron chi connectivity index (χ1n) is 8.35. The molecule has 3 aromatic rings. The number of carbonyl (C=O) groups is 3. The molecule has 2 aromatic carbocycles. The molecule has 0 spiro atoms. The lowest BCUT2D eigenvalue weighted by Crippen LogP contribution is -2.15. The van der Waals surface area contributed by atoms with Crippen molar-refractivity contribution in [1.29, 1.82) is 0 Å². The summed E-state index contributed by atoms with van der Waals surface area (Å²) in [6, 6.07) is 15.0. The summed E-state index contributed by atoms with van der Waals surface area (Å²) >= 11 is 1.41. The van der Waals surface area contributed by atoms with Crippen LogP contribution in [0.3, 0.4) is 0 Å². The number of hydrogen-bond donors (Lipinski definition) is 1. The van der Waals surface area contributed by atoms with E-state index in [2.05, 4.69) is 10.1 Å². The number of esters is 2. The number of amides is 1. The fourth-order valence-electron chi connectivity index (χ4n) is 2.49. The molecule has 3 rings (SSSR count). The maximum atomic E-state index is 12.5. The molecule has 0 atom stereocenters. The molecule has 142 valence electrons. The van der Waals surface area contributed by atoms with Crippen LogP contribution < -0.4 is 5.32 Å². The first-order valence-corrected chi connectivity index (χ1v) is 9.29. The Labute approximate surface area is 165 Å². The van der Waals surface area contributed by atoms with Crippen molar-refractivity contribution in [2.24, 2.45) is 0 Å². The monoisotopic (exact) mass is 395 g/mol. The van der Waals surface area contributed by atoms with Crippen LogP contribution in [0.5, 0.6) is 0 Å². The first-order chi connectivity index (χ1) is 13.6. The van der Waals surface area contributed by atoms with E-state index in [-0.39, 0.29) is 18.1 Å². The van der Waals surface area contributed by atoms with Gasteiger partial charge in [-0.3, -0.25) is 4.79 Å². The van der Waals surface area contributed by atoms with Gasteiger partial charge in [0.05, 0.1) is 29.5 Å². The van der Waals surface area contributed by atoms with E-state index in [0.717, 1.165) is 0 Å². The van der Waals surface area contributed by atoms with Crippen molar-refractivity contribution in [3.05, 3.63) is 87.6 Å². The highest BCUT2D eigenvalue weighted by Crippen LogP contribution is 2.19. The van der Waals surface area contributed by atoms with Gasteiger partial charge in [-0.2, -0.15) is 11.3 Å². The second-order valence-electron chi connectivity index (χ2n) is 5.78. The molecule has 0 saturated carbocycles. The molecule has 6 nitrogen and oxygen atoms in total. The van der Waals surface area contributed by atoms with Crippen LogP contribution in [0.4, 0.5) is 5.69 Å². The Balaban J connectivity index is 1.70.